The second-order valence-electron chi connectivity index (χ2n) is 4.96. The van der Waals surface area contributed by atoms with Crippen LogP contribution in [0.15, 0.2) is 41.3 Å². The molecule has 0 saturated heterocycles. The zero-order chi connectivity index (χ0) is 14.0. The Morgan fingerprint density at radius 3 is 2.32 bits per heavy atom. The number of hydrogen-bond donors (Lipinski definition) is 1. The summed E-state index contributed by atoms with van der Waals surface area (Å²) in [4.78, 5) is 0.728. The molecule has 0 aliphatic carbocycles. The van der Waals surface area contributed by atoms with Crippen LogP contribution in [0.5, 0.6) is 0 Å². The third-order valence-electron chi connectivity index (χ3n) is 3.20. The average molecular weight is 273 g/mol. The highest BCUT2D eigenvalue weighted by Crippen LogP contribution is 2.22. The Hall–Kier alpha value is -1.61. The van der Waals surface area contributed by atoms with Crippen molar-refractivity contribution in [2.24, 2.45) is 0 Å². The molecule has 0 bridgehead atoms. The van der Waals surface area contributed by atoms with Gasteiger partial charge < -0.3 is 5.73 Å². The van der Waals surface area contributed by atoms with Gasteiger partial charge in [0.05, 0.1) is 21.4 Å². The third-order valence-corrected chi connectivity index (χ3v) is 4.64. The van der Waals surface area contributed by atoms with E-state index in [2.05, 4.69) is 18.2 Å². The van der Waals surface area contributed by atoms with E-state index in [0.717, 1.165) is 16.0 Å². The minimum atomic E-state index is -1.10. The zero-order valence-corrected chi connectivity index (χ0v) is 12.4. The molecular weight excluding hydrogens is 254 g/mol. The van der Waals surface area contributed by atoms with Gasteiger partial charge in [-0.15, -0.1) is 0 Å². The van der Waals surface area contributed by atoms with Gasteiger partial charge in [-0.3, -0.25) is 4.21 Å². The minimum absolute atomic E-state index is 0.515. The van der Waals surface area contributed by atoms with E-state index >= 15 is 0 Å². The molecule has 0 saturated carbocycles. The van der Waals surface area contributed by atoms with Gasteiger partial charge in [0.2, 0.25) is 0 Å². The molecule has 19 heavy (non-hydrogen) atoms. The number of nitrogens with two attached hydrogens (primary N) is 1. The van der Waals surface area contributed by atoms with Gasteiger partial charge in [-0.25, -0.2) is 0 Å². The second kappa shape index (κ2) is 5.57. The maximum absolute atomic E-state index is 12.4. The fourth-order valence-corrected chi connectivity index (χ4v) is 3.34. The fourth-order valence-electron chi connectivity index (χ4n) is 2.05. The van der Waals surface area contributed by atoms with Crippen molar-refractivity contribution in [2.45, 2.75) is 31.4 Å². The smallest absolute Gasteiger partial charge is 0.0621 e. The highest BCUT2D eigenvalue weighted by atomic mass is 32.2. The molecule has 2 rings (SSSR count). The van der Waals surface area contributed by atoms with E-state index < -0.39 is 10.8 Å². The summed E-state index contributed by atoms with van der Waals surface area (Å²) in [7, 11) is -1.10. The van der Waals surface area contributed by atoms with E-state index in [4.69, 9.17) is 5.73 Å². The summed E-state index contributed by atoms with van der Waals surface area (Å²) in [6.45, 7) is 6.07. The van der Waals surface area contributed by atoms with Crippen molar-refractivity contribution < 1.29 is 4.21 Å². The van der Waals surface area contributed by atoms with Crippen LogP contribution in [0.4, 0.5) is 5.69 Å². The van der Waals surface area contributed by atoms with E-state index in [1.165, 1.54) is 11.1 Å². The predicted octanol–water partition coefficient (Wildman–Crippen LogP) is 3.50. The summed E-state index contributed by atoms with van der Waals surface area (Å²) in [6.07, 6.45) is 0. The van der Waals surface area contributed by atoms with Crippen molar-refractivity contribution in [1.82, 2.24) is 0 Å². The van der Waals surface area contributed by atoms with Crippen LogP contribution in [0, 0.1) is 20.8 Å². The second-order valence-corrected chi connectivity index (χ2v) is 6.38. The van der Waals surface area contributed by atoms with Gasteiger partial charge in [-0.05, 0) is 49.6 Å². The molecule has 2 aromatic rings. The first kappa shape index (κ1) is 13.8. The summed E-state index contributed by atoms with van der Waals surface area (Å²) < 4.78 is 12.4. The summed E-state index contributed by atoms with van der Waals surface area (Å²) >= 11 is 0. The number of rotatable bonds is 3. The van der Waals surface area contributed by atoms with Crippen molar-refractivity contribution >= 4 is 16.5 Å². The number of anilines is 1. The molecule has 2 N–H and O–H groups in total. The molecule has 0 radical (unpaired) electrons. The van der Waals surface area contributed by atoms with E-state index in [0.29, 0.717) is 11.4 Å². The monoisotopic (exact) mass is 273 g/mol. The highest BCUT2D eigenvalue weighted by molar-refractivity contribution is 7.84. The van der Waals surface area contributed by atoms with Crippen LogP contribution in [-0.2, 0) is 16.6 Å². The van der Waals surface area contributed by atoms with Crippen LogP contribution in [0.25, 0.3) is 0 Å². The van der Waals surface area contributed by atoms with Gasteiger partial charge in [-0.2, -0.15) is 0 Å². The Labute approximate surface area is 117 Å². The van der Waals surface area contributed by atoms with Crippen molar-refractivity contribution in [2.75, 3.05) is 5.73 Å². The number of benzene rings is 2. The first-order chi connectivity index (χ1) is 8.97. The summed E-state index contributed by atoms with van der Waals surface area (Å²) in [5.41, 5.74) is 11.1. The van der Waals surface area contributed by atoms with Gasteiger partial charge >= 0.3 is 0 Å². The molecule has 100 valence electrons. The fraction of sp³-hybridized carbons (Fsp3) is 0.250. The lowest BCUT2D eigenvalue weighted by atomic mass is 10.1. The Kier molecular flexibility index (Phi) is 4.05. The molecule has 2 nitrogen and oxygen atoms in total. The normalized spacial score (nSPS) is 12.4. The molecule has 1 atom stereocenters. The van der Waals surface area contributed by atoms with Crippen LogP contribution in [0.3, 0.4) is 0 Å². The van der Waals surface area contributed by atoms with Gasteiger partial charge in [0, 0.05) is 5.69 Å². The average Bonchev–Trinajstić information content (AvgIpc) is 2.33. The topological polar surface area (TPSA) is 43.1 Å². The molecule has 3 heteroatoms. The van der Waals surface area contributed by atoms with Crippen LogP contribution >= 0.6 is 0 Å². The molecule has 0 fully saturated rings. The Morgan fingerprint density at radius 2 is 1.63 bits per heavy atom. The van der Waals surface area contributed by atoms with E-state index in [-0.39, 0.29) is 0 Å². The number of hydrogen-bond acceptors (Lipinski definition) is 2. The van der Waals surface area contributed by atoms with E-state index in [1.807, 2.05) is 39.0 Å². The molecule has 1 unspecified atom stereocenters. The molecule has 0 aliphatic heterocycles. The Bertz CT molecular complexity index is 635. The molecule has 0 amide bonds. The molecule has 0 aliphatic rings. The maximum atomic E-state index is 12.4. The van der Waals surface area contributed by atoms with Gasteiger partial charge in [-0.1, -0.05) is 29.8 Å². The number of aryl methyl sites for hydroxylation is 3. The zero-order valence-electron chi connectivity index (χ0n) is 11.6. The van der Waals surface area contributed by atoms with Crippen molar-refractivity contribution in [3.05, 3.63) is 58.7 Å². The van der Waals surface area contributed by atoms with Gasteiger partial charge in [0.1, 0.15) is 0 Å². The highest BCUT2D eigenvalue weighted by Gasteiger charge is 2.10. The molecular formula is C16H19NOS. The summed E-state index contributed by atoms with van der Waals surface area (Å²) in [5, 5.41) is 0. The Balaban J connectivity index is 2.28. The Morgan fingerprint density at radius 1 is 1.00 bits per heavy atom. The first-order valence-electron chi connectivity index (χ1n) is 6.28. The van der Waals surface area contributed by atoms with E-state index in [1.54, 1.807) is 0 Å². The van der Waals surface area contributed by atoms with Crippen LogP contribution in [-0.4, -0.2) is 4.21 Å². The van der Waals surface area contributed by atoms with Gasteiger partial charge in [0.25, 0.3) is 0 Å². The maximum Gasteiger partial charge on any atom is 0.0621 e. The van der Waals surface area contributed by atoms with Crippen molar-refractivity contribution in [3.63, 3.8) is 0 Å². The SMILES string of the molecule is Cc1ccc(S(=O)Cc2cc(C)ccc2C)c(N)c1. The minimum Gasteiger partial charge on any atom is -0.398 e. The molecule has 0 spiro atoms. The number of nitrogen functional groups attached to an aromatic ring is 1. The molecule has 0 heterocycles. The molecule has 2 aromatic carbocycles. The van der Waals surface area contributed by atoms with Crippen LogP contribution in [0.2, 0.25) is 0 Å². The standard InChI is InChI=1S/C16H19NOS/c1-11-4-6-13(3)14(8-11)10-19(18)16-7-5-12(2)9-15(16)17/h4-9H,10,17H2,1-3H3. The van der Waals surface area contributed by atoms with E-state index in [9.17, 15) is 4.21 Å². The predicted molar refractivity (Wildman–Crippen MR) is 81.6 cm³/mol. The summed E-state index contributed by atoms with van der Waals surface area (Å²) in [6, 6.07) is 11.9. The van der Waals surface area contributed by atoms with Crippen LogP contribution in [0.1, 0.15) is 22.3 Å². The lowest BCUT2D eigenvalue weighted by molar-refractivity contribution is 0.683. The summed E-state index contributed by atoms with van der Waals surface area (Å²) in [5.74, 6) is 0.515. The third kappa shape index (κ3) is 3.24. The lowest BCUT2D eigenvalue weighted by Gasteiger charge is -2.09. The quantitative estimate of drug-likeness (QED) is 0.870. The molecule has 0 aromatic heterocycles. The first-order valence-corrected chi connectivity index (χ1v) is 7.60. The van der Waals surface area contributed by atoms with Crippen molar-refractivity contribution in [3.8, 4) is 0 Å². The van der Waals surface area contributed by atoms with Gasteiger partial charge in [0.15, 0.2) is 0 Å². The van der Waals surface area contributed by atoms with Crippen molar-refractivity contribution in [1.29, 1.82) is 0 Å². The van der Waals surface area contributed by atoms with Crippen LogP contribution < -0.4 is 5.73 Å². The largest absolute Gasteiger partial charge is 0.398 e. The lowest BCUT2D eigenvalue weighted by Crippen LogP contribution is -2.02.